The van der Waals surface area contributed by atoms with Crippen molar-refractivity contribution < 1.29 is 38.0 Å². The number of primary amides is 1. The summed E-state index contributed by atoms with van der Waals surface area (Å²) in [4.78, 5) is 93.5. The molecule has 7 amide bonds. The summed E-state index contributed by atoms with van der Waals surface area (Å²) in [5, 5.41) is 15.2. The van der Waals surface area contributed by atoms with Gasteiger partial charge in [-0.25, -0.2) is 0 Å². The van der Waals surface area contributed by atoms with Gasteiger partial charge in [0.05, 0.1) is 6.26 Å². The van der Waals surface area contributed by atoms with Gasteiger partial charge in [0.1, 0.15) is 35.6 Å². The van der Waals surface area contributed by atoms with E-state index in [0.717, 1.165) is 25.0 Å². The lowest BCUT2D eigenvalue weighted by molar-refractivity contribution is -0.133. The summed E-state index contributed by atoms with van der Waals surface area (Å²) < 4.78 is 5.38. The van der Waals surface area contributed by atoms with Gasteiger partial charge in [0.25, 0.3) is 5.91 Å². The van der Waals surface area contributed by atoms with Gasteiger partial charge in [-0.05, 0) is 37.8 Å². The smallest absolute Gasteiger partial charge is 0.265 e. The monoisotopic (exact) mass is 626 g/mol. The molecule has 3 rings (SSSR count). The van der Waals surface area contributed by atoms with E-state index in [9.17, 15) is 33.6 Å². The number of rotatable bonds is 9. The van der Waals surface area contributed by atoms with E-state index in [1.165, 1.54) is 19.4 Å². The van der Waals surface area contributed by atoms with Crippen LogP contribution in [0.5, 0.6) is 0 Å². The summed E-state index contributed by atoms with van der Waals surface area (Å²) in [6, 6.07) is -1.65. The number of hydrogen-bond acceptors (Lipinski definition) is 9. The third-order valence-electron chi connectivity index (χ3n) is 7.01. The van der Waals surface area contributed by atoms with E-state index in [1.807, 2.05) is 0 Å². The van der Waals surface area contributed by atoms with Gasteiger partial charge in [0.15, 0.2) is 0 Å². The van der Waals surface area contributed by atoms with Crippen LogP contribution in [0.15, 0.2) is 52.7 Å². The molecule has 1 aromatic heterocycles. The molecule has 16 heteroatoms. The van der Waals surface area contributed by atoms with Crippen LogP contribution in [0.2, 0.25) is 0 Å². The van der Waals surface area contributed by atoms with Crippen molar-refractivity contribution in [3.05, 3.63) is 49.1 Å². The Bertz CT molecular complexity index is 1350. The molecular formula is C29H38N8O8. The van der Waals surface area contributed by atoms with Crippen LogP contribution in [0.1, 0.15) is 38.4 Å². The Kier molecular flexibility index (Phi) is 12.6. The quantitative estimate of drug-likeness (QED) is 0.149. The first-order valence-corrected chi connectivity index (χ1v) is 14.4. The van der Waals surface area contributed by atoms with E-state index in [4.69, 9.17) is 10.2 Å². The Morgan fingerprint density at radius 2 is 1.64 bits per heavy atom. The van der Waals surface area contributed by atoms with Crippen LogP contribution in [-0.2, 0) is 40.0 Å². The van der Waals surface area contributed by atoms with E-state index in [0.29, 0.717) is 12.2 Å². The number of hydrogen-bond donors (Lipinski definition) is 7. The maximum absolute atomic E-state index is 13.6. The average molecular weight is 627 g/mol. The van der Waals surface area contributed by atoms with Crippen molar-refractivity contribution in [2.24, 2.45) is 16.6 Å². The first-order chi connectivity index (χ1) is 21.5. The highest BCUT2D eigenvalue weighted by molar-refractivity contribution is 6.38. The lowest BCUT2D eigenvalue weighted by atomic mass is 10.1. The van der Waals surface area contributed by atoms with Crippen LogP contribution in [0, 0.1) is 5.92 Å². The van der Waals surface area contributed by atoms with Crippen molar-refractivity contribution in [3.63, 3.8) is 0 Å². The highest BCUT2D eigenvalue weighted by atomic mass is 16.3. The number of furan rings is 1. The van der Waals surface area contributed by atoms with Crippen LogP contribution in [0.3, 0.4) is 0 Å². The number of aliphatic imine (C=N–C) groups is 1. The topological polar surface area (TPSA) is 243 Å². The zero-order valence-electron chi connectivity index (χ0n) is 24.8. The predicted molar refractivity (Wildman–Crippen MR) is 160 cm³/mol. The van der Waals surface area contributed by atoms with Gasteiger partial charge >= 0.3 is 0 Å². The van der Waals surface area contributed by atoms with E-state index >= 15 is 0 Å². The minimum Gasteiger partial charge on any atom is -0.469 e. The van der Waals surface area contributed by atoms with Gasteiger partial charge < -0.3 is 42.1 Å². The fourth-order valence-corrected chi connectivity index (χ4v) is 4.37. The summed E-state index contributed by atoms with van der Waals surface area (Å²) in [6.45, 7) is 4.33. The number of carbonyl (C=O) groups is 7. The molecule has 0 saturated heterocycles. The van der Waals surface area contributed by atoms with Gasteiger partial charge in [-0.15, -0.1) is 0 Å². The Labute approximate surface area is 259 Å². The molecule has 1 fully saturated rings. The van der Waals surface area contributed by atoms with Crippen molar-refractivity contribution in [1.82, 2.24) is 31.9 Å². The third-order valence-corrected chi connectivity index (χ3v) is 7.01. The first-order valence-electron chi connectivity index (χ1n) is 14.4. The summed E-state index contributed by atoms with van der Waals surface area (Å²) in [5.74, 6) is -4.69. The summed E-state index contributed by atoms with van der Waals surface area (Å²) >= 11 is 0. The minimum absolute atomic E-state index is 0.0535. The number of nitrogens with zero attached hydrogens (tertiary/aromatic N) is 1. The lowest BCUT2D eigenvalue weighted by Gasteiger charge is -2.25. The van der Waals surface area contributed by atoms with Crippen molar-refractivity contribution in [2.45, 2.75) is 63.2 Å². The molecule has 2 aliphatic rings. The van der Waals surface area contributed by atoms with Crippen LogP contribution in [0.4, 0.5) is 0 Å². The van der Waals surface area contributed by atoms with E-state index in [-0.39, 0.29) is 37.6 Å². The van der Waals surface area contributed by atoms with Crippen molar-refractivity contribution in [1.29, 1.82) is 0 Å². The molecule has 0 aromatic carbocycles. The summed E-state index contributed by atoms with van der Waals surface area (Å²) in [6.07, 6.45) is 6.18. The number of amides is 7. The lowest BCUT2D eigenvalue weighted by Crippen LogP contribution is -2.59. The first kappa shape index (κ1) is 34.2. The molecule has 1 aliphatic carbocycles. The molecule has 8 N–H and O–H groups in total. The predicted octanol–water partition coefficient (Wildman–Crippen LogP) is -2.16. The molecule has 0 spiro atoms. The van der Waals surface area contributed by atoms with E-state index < -0.39 is 65.5 Å². The van der Waals surface area contributed by atoms with E-state index in [2.05, 4.69) is 43.5 Å². The normalized spacial score (nSPS) is 24.1. The van der Waals surface area contributed by atoms with Gasteiger partial charge in [0.2, 0.25) is 35.4 Å². The molecule has 1 aliphatic heterocycles. The zero-order chi connectivity index (χ0) is 32.9. The second kappa shape index (κ2) is 16.5. The number of carbonyl (C=O) groups excluding carboxylic acids is 7. The molecule has 16 nitrogen and oxygen atoms in total. The molecule has 2 heterocycles. The van der Waals surface area contributed by atoms with Crippen molar-refractivity contribution in [2.75, 3.05) is 13.1 Å². The Hall–Kier alpha value is -5.28. The molecular weight excluding hydrogens is 588 g/mol. The summed E-state index contributed by atoms with van der Waals surface area (Å²) in [5.41, 5.74) is 5.46. The minimum atomic E-state index is -1.35. The molecule has 45 heavy (non-hydrogen) atoms. The number of nitrogens with two attached hydrogens (primary N) is 1. The standard InChI is InChI=1S/C29H38N8O8/c1-3-31-16(2)26(41)33-15-22-27(42)32-11-10-19(25(30)40)34-23(38)8-9-24(39)35-20(13-17-6-7-17)28(43)36-21(29(44)37-22)14-18-5-4-12-45-18/h3-5,8-9,12,17,19-22H,1,6-7,10-11,13-15H2,2H3,(H2,30,40)(H,32,42)(H,33,41)(H,34,38)(H,35,39)(H,36,43)(H,37,44). The second-order valence-corrected chi connectivity index (χ2v) is 10.6. The highest BCUT2D eigenvalue weighted by Gasteiger charge is 2.34. The maximum Gasteiger partial charge on any atom is 0.265 e. The number of nitrogens with one attached hydrogen (secondary N) is 6. The Morgan fingerprint density at radius 3 is 2.27 bits per heavy atom. The third kappa shape index (κ3) is 11.4. The van der Waals surface area contributed by atoms with E-state index in [1.54, 1.807) is 12.1 Å². The van der Waals surface area contributed by atoms with Crippen LogP contribution in [-0.4, -0.2) is 84.3 Å². The fraction of sp³-hybridized carbons (Fsp3) is 0.448. The van der Waals surface area contributed by atoms with Crippen LogP contribution >= 0.6 is 0 Å². The average Bonchev–Trinajstić information content (AvgIpc) is 3.67. The Morgan fingerprint density at radius 1 is 0.978 bits per heavy atom. The molecule has 242 valence electrons. The van der Waals surface area contributed by atoms with Gasteiger partial charge in [-0.2, -0.15) is 0 Å². The van der Waals surface area contributed by atoms with Gasteiger partial charge in [-0.1, -0.05) is 19.4 Å². The molecule has 4 unspecified atom stereocenters. The summed E-state index contributed by atoms with van der Waals surface area (Å²) in [7, 11) is 0. The van der Waals surface area contributed by atoms with Crippen molar-refractivity contribution >= 4 is 47.1 Å². The van der Waals surface area contributed by atoms with Gasteiger partial charge in [0, 0.05) is 37.9 Å². The molecule has 1 saturated carbocycles. The largest absolute Gasteiger partial charge is 0.469 e. The van der Waals surface area contributed by atoms with Crippen molar-refractivity contribution in [3.8, 4) is 0 Å². The molecule has 0 bridgehead atoms. The molecule has 4 atom stereocenters. The highest BCUT2D eigenvalue weighted by Crippen LogP contribution is 2.33. The SMILES string of the molecule is C=CN=C(C)C(=O)NCC1NC(=O)C(Cc2ccco2)NC(=O)C(CC2CC2)NC(=O)C=CC(=O)NC(C(N)=O)CCNC1=O. The van der Waals surface area contributed by atoms with Gasteiger partial charge in [-0.3, -0.25) is 38.6 Å². The Balaban J connectivity index is 1.92. The molecule has 0 radical (unpaired) electrons. The fourth-order valence-electron chi connectivity index (χ4n) is 4.37. The zero-order valence-corrected chi connectivity index (χ0v) is 24.8. The molecule has 1 aromatic rings. The van der Waals surface area contributed by atoms with Crippen LogP contribution in [0.25, 0.3) is 0 Å². The maximum atomic E-state index is 13.6. The second-order valence-electron chi connectivity index (χ2n) is 10.6. The van der Waals surface area contributed by atoms with Crippen LogP contribution < -0.4 is 37.6 Å².